The Balaban J connectivity index is 2.08. The second kappa shape index (κ2) is 4.39. The molecule has 3 heteroatoms. The number of hydrogen-bond donors (Lipinski definition) is 2. The summed E-state index contributed by atoms with van der Waals surface area (Å²) in [5.74, 6) is 0.0325. The van der Waals surface area contributed by atoms with Crippen molar-refractivity contribution in [2.75, 3.05) is 6.54 Å². The van der Waals surface area contributed by atoms with Gasteiger partial charge < -0.3 is 10.6 Å². The van der Waals surface area contributed by atoms with E-state index >= 15 is 0 Å². The minimum absolute atomic E-state index is 0.00282. The van der Waals surface area contributed by atoms with Gasteiger partial charge in [-0.2, -0.15) is 0 Å². The molecule has 2 rings (SSSR count). The number of rotatable bonds is 2. The predicted molar refractivity (Wildman–Crippen MR) is 64.0 cm³/mol. The first-order valence-corrected chi connectivity index (χ1v) is 5.43. The fraction of sp³-hybridized carbons (Fsp3) is 0.308. The number of hydrogen-bond acceptors (Lipinski definition) is 2. The topological polar surface area (TPSA) is 41.1 Å². The van der Waals surface area contributed by atoms with E-state index < -0.39 is 0 Å². The Labute approximate surface area is 95.6 Å². The number of aryl methyl sites for hydroxylation is 1. The third-order valence-corrected chi connectivity index (χ3v) is 2.75. The number of carbonyl (C=O) groups excluding carboxylic acids is 1. The Morgan fingerprint density at radius 2 is 2.31 bits per heavy atom. The molecule has 1 unspecified atom stereocenters. The van der Waals surface area contributed by atoms with Crippen molar-refractivity contribution in [3.63, 3.8) is 0 Å². The highest BCUT2D eigenvalue weighted by Gasteiger charge is 2.21. The fourth-order valence-corrected chi connectivity index (χ4v) is 1.90. The number of nitrogens with one attached hydrogen (secondary N) is 2. The lowest BCUT2D eigenvalue weighted by atomic mass is 10.0. The molecule has 84 valence electrons. The van der Waals surface area contributed by atoms with E-state index in [9.17, 15) is 4.79 Å². The highest BCUT2D eigenvalue weighted by molar-refractivity contribution is 5.80. The Kier molecular flexibility index (Phi) is 2.95. The van der Waals surface area contributed by atoms with Crippen molar-refractivity contribution in [3.8, 4) is 0 Å². The van der Waals surface area contributed by atoms with Crippen LogP contribution in [0.15, 0.2) is 36.5 Å². The molecule has 0 aromatic heterocycles. The summed E-state index contributed by atoms with van der Waals surface area (Å²) in [6.45, 7) is 6.32. The molecule has 1 aromatic carbocycles. The molecule has 16 heavy (non-hydrogen) atoms. The van der Waals surface area contributed by atoms with Gasteiger partial charge in [0, 0.05) is 5.70 Å². The summed E-state index contributed by atoms with van der Waals surface area (Å²) < 4.78 is 0. The summed E-state index contributed by atoms with van der Waals surface area (Å²) >= 11 is 0. The Hall–Kier alpha value is -1.77. The second-order valence-corrected chi connectivity index (χ2v) is 4.19. The monoisotopic (exact) mass is 216 g/mol. The summed E-state index contributed by atoms with van der Waals surface area (Å²) in [7, 11) is 0. The molecule has 0 radical (unpaired) electrons. The summed E-state index contributed by atoms with van der Waals surface area (Å²) in [4.78, 5) is 11.3. The van der Waals surface area contributed by atoms with Crippen molar-refractivity contribution in [1.29, 1.82) is 0 Å². The first kappa shape index (κ1) is 10.7. The first-order chi connectivity index (χ1) is 7.65. The molecule has 1 amide bonds. The van der Waals surface area contributed by atoms with E-state index in [1.54, 1.807) is 0 Å². The maximum Gasteiger partial charge on any atom is 0.239 e. The maximum atomic E-state index is 11.3. The van der Waals surface area contributed by atoms with Crippen molar-refractivity contribution in [3.05, 3.63) is 47.7 Å². The lowest BCUT2D eigenvalue weighted by Crippen LogP contribution is -2.50. The van der Waals surface area contributed by atoms with Gasteiger partial charge in [0.25, 0.3) is 0 Å². The second-order valence-electron chi connectivity index (χ2n) is 4.19. The molecule has 1 heterocycles. The molecule has 2 N–H and O–H groups in total. The van der Waals surface area contributed by atoms with Crippen LogP contribution in [0.1, 0.15) is 11.1 Å². The van der Waals surface area contributed by atoms with Gasteiger partial charge in [0.1, 0.15) is 0 Å². The average molecular weight is 216 g/mol. The fourth-order valence-electron chi connectivity index (χ4n) is 1.90. The van der Waals surface area contributed by atoms with Gasteiger partial charge in [-0.15, -0.1) is 0 Å². The van der Waals surface area contributed by atoms with Gasteiger partial charge in [-0.25, -0.2) is 0 Å². The summed E-state index contributed by atoms with van der Waals surface area (Å²) in [5, 5.41) is 5.94. The molecule has 1 aliphatic heterocycles. The third-order valence-electron chi connectivity index (χ3n) is 2.75. The van der Waals surface area contributed by atoms with Crippen LogP contribution >= 0.6 is 0 Å². The van der Waals surface area contributed by atoms with E-state index in [0.717, 1.165) is 12.1 Å². The van der Waals surface area contributed by atoms with Crippen LogP contribution in [0.4, 0.5) is 0 Å². The van der Waals surface area contributed by atoms with Gasteiger partial charge in [-0.1, -0.05) is 36.4 Å². The van der Waals surface area contributed by atoms with Crippen molar-refractivity contribution in [2.24, 2.45) is 0 Å². The minimum Gasteiger partial charge on any atom is -0.378 e. The molecule has 0 bridgehead atoms. The SMILES string of the molecule is C=C1NCC(=O)NC1Cc1cccc(C)c1. The van der Waals surface area contributed by atoms with Crippen molar-refractivity contribution in [1.82, 2.24) is 10.6 Å². The van der Waals surface area contributed by atoms with E-state index in [0.29, 0.717) is 6.54 Å². The van der Waals surface area contributed by atoms with Gasteiger partial charge in [-0.3, -0.25) is 4.79 Å². The first-order valence-electron chi connectivity index (χ1n) is 5.43. The molecule has 1 fully saturated rings. The molecule has 0 saturated carbocycles. The van der Waals surface area contributed by atoms with Crippen LogP contribution in [0.5, 0.6) is 0 Å². The molecular weight excluding hydrogens is 200 g/mol. The number of carbonyl (C=O) groups is 1. The summed E-state index contributed by atoms with van der Waals surface area (Å²) in [6.07, 6.45) is 0.791. The van der Waals surface area contributed by atoms with Crippen LogP contribution in [-0.2, 0) is 11.2 Å². The number of benzene rings is 1. The van der Waals surface area contributed by atoms with Crippen molar-refractivity contribution >= 4 is 5.91 Å². The van der Waals surface area contributed by atoms with E-state index in [2.05, 4.69) is 42.3 Å². The maximum absolute atomic E-state index is 11.3. The summed E-state index contributed by atoms with van der Waals surface area (Å²) in [5.41, 5.74) is 3.34. The van der Waals surface area contributed by atoms with E-state index in [1.165, 1.54) is 11.1 Å². The lowest BCUT2D eigenvalue weighted by Gasteiger charge is -2.27. The quantitative estimate of drug-likeness (QED) is 0.778. The zero-order valence-electron chi connectivity index (χ0n) is 9.42. The van der Waals surface area contributed by atoms with Crippen LogP contribution < -0.4 is 10.6 Å². The normalized spacial score (nSPS) is 20.2. The van der Waals surface area contributed by atoms with Gasteiger partial charge in [-0.05, 0) is 18.9 Å². The van der Waals surface area contributed by atoms with E-state index in [4.69, 9.17) is 0 Å². The Bertz CT molecular complexity index is 426. The van der Waals surface area contributed by atoms with Crippen molar-refractivity contribution < 1.29 is 4.79 Å². The van der Waals surface area contributed by atoms with Crippen LogP contribution in [0.2, 0.25) is 0 Å². The number of piperazine rings is 1. The third kappa shape index (κ3) is 2.42. The molecule has 3 nitrogen and oxygen atoms in total. The van der Waals surface area contributed by atoms with Crippen LogP contribution in [0, 0.1) is 6.92 Å². The molecule has 0 spiro atoms. The standard InChI is InChI=1S/C13H16N2O/c1-9-4-3-5-11(6-9)7-12-10(2)14-8-13(16)15-12/h3-6,12,14H,2,7-8H2,1H3,(H,15,16). The van der Waals surface area contributed by atoms with Gasteiger partial charge in [0.05, 0.1) is 12.6 Å². The molecule has 1 aromatic rings. The molecule has 1 saturated heterocycles. The smallest absolute Gasteiger partial charge is 0.239 e. The minimum atomic E-state index is 0.00282. The molecular formula is C13H16N2O. The Morgan fingerprint density at radius 1 is 1.50 bits per heavy atom. The van der Waals surface area contributed by atoms with Crippen LogP contribution in [0.3, 0.4) is 0 Å². The number of amides is 1. The van der Waals surface area contributed by atoms with Crippen LogP contribution in [0.25, 0.3) is 0 Å². The highest BCUT2D eigenvalue weighted by atomic mass is 16.2. The largest absolute Gasteiger partial charge is 0.378 e. The predicted octanol–water partition coefficient (Wildman–Crippen LogP) is 1.14. The molecule has 1 atom stereocenters. The van der Waals surface area contributed by atoms with E-state index in [-0.39, 0.29) is 11.9 Å². The van der Waals surface area contributed by atoms with Crippen LogP contribution in [-0.4, -0.2) is 18.5 Å². The molecule has 0 aliphatic carbocycles. The zero-order chi connectivity index (χ0) is 11.5. The average Bonchev–Trinajstić information content (AvgIpc) is 2.24. The van der Waals surface area contributed by atoms with Crippen molar-refractivity contribution in [2.45, 2.75) is 19.4 Å². The highest BCUT2D eigenvalue weighted by Crippen LogP contribution is 2.11. The van der Waals surface area contributed by atoms with Gasteiger partial charge in [0.2, 0.25) is 5.91 Å². The lowest BCUT2D eigenvalue weighted by molar-refractivity contribution is -0.121. The zero-order valence-corrected chi connectivity index (χ0v) is 9.42. The van der Waals surface area contributed by atoms with Gasteiger partial charge in [0.15, 0.2) is 0 Å². The van der Waals surface area contributed by atoms with E-state index in [1.807, 2.05) is 6.07 Å². The molecule has 1 aliphatic rings. The summed E-state index contributed by atoms with van der Waals surface area (Å²) in [6, 6.07) is 8.31. The van der Waals surface area contributed by atoms with Gasteiger partial charge >= 0.3 is 0 Å². The Morgan fingerprint density at radius 3 is 3.06 bits per heavy atom.